The largest absolute Gasteiger partial charge is 0.462 e. The van der Waals surface area contributed by atoms with Gasteiger partial charge < -0.3 is 15.2 Å². The lowest BCUT2D eigenvalue weighted by Crippen LogP contribution is -2.37. The van der Waals surface area contributed by atoms with Crippen LogP contribution in [0.15, 0.2) is 18.2 Å². The van der Waals surface area contributed by atoms with E-state index in [1.54, 1.807) is 6.07 Å². The molecule has 1 aliphatic heterocycles. The van der Waals surface area contributed by atoms with Crippen molar-refractivity contribution in [2.75, 3.05) is 19.7 Å². The lowest BCUT2D eigenvalue weighted by molar-refractivity contribution is -0.138. The van der Waals surface area contributed by atoms with E-state index in [9.17, 15) is 18.7 Å². The second-order valence-corrected chi connectivity index (χ2v) is 6.54. The van der Waals surface area contributed by atoms with Gasteiger partial charge in [-0.2, -0.15) is 0 Å². The minimum absolute atomic E-state index is 0.0661. The molecule has 23 heavy (non-hydrogen) atoms. The van der Waals surface area contributed by atoms with Crippen LogP contribution in [0, 0.1) is 17.6 Å². The second-order valence-electron chi connectivity index (χ2n) is 6.54. The first-order chi connectivity index (χ1) is 10.8. The third kappa shape index (κ3) is 6.62. The summed E-state index contributed by atoms with van der Waals surface area (Å²) < 4.78 is 30.5. The van der Waals surface area contributed by atoms with Crippen LogP contribution in [0.3, 0.4) is 0 Å². The SMILES string of the molecule is CC(C)(C)OC=O.OCC1CNCCC1c1ccc(F)c(F)c1. The predicted octanol–water partition coefficient (Wildman–Crippen LogP) is 2.61. The van der Waals surface area contributed by atoms with Gasteiger partial charge in [-0.1, -0.05) is 6.07 Å². The Labute approximate surface area is 135 Å². The number of piperidine rings is 1. The van der Waals surface area contributed by atoms with Crippen molar-refractivity contribution in [3.05, 3.63) is 35.4 Å². The molecule has 0 saturated carbocycles. The van der Waals surface area contributed by atoms with Crippen molar-refractivity contribution >= 4 is 6.47 Å². The number of benzene rings is 1. The maximum atomic E-state index is 13.1. The Balaban J connectivity index is 0.000000322. The van der Waals surface area contributed by atoms with Gasteiger partial charge in [0, 0.05) is 19.1 Å². The van der Waals surface area contributed by atoms with Gasteiger partial charge in [-0.05, 0) is 57.4 Å². The van der Waals surface area contributed by atoms with Crippen molar-refractivity contribution < 1.29 is 23.4 Å². The van der Waals surface area contributed by atoms with Crippen molar-refractivity contribution in [2.45, 2.75) is 38.7 Å². The van der Waals surface area contributed by atoms with Crippen LogP contribution in [0.2, 0.25) is 0 Å². The van der Waals surface area contributed by atoms with Gasteiger partial charge in [-0.25, -0.2) is 8.78 Å². The summed E-state index contributed by atoms with van der Waals surface area (Å²) in [5.41, 5.74) is 0.460. The van der Waals surface area contributed by atoms with Crippen LogP contribution in [0.4, 0.5) is 8.78 Å². The third-order valence-corrected chi connectivity index (χ3v) is 3.62. The molecule has 2 rings (SSSR count). The quantitative estimate of drug-likeness (QED) is 0.837. The third-order valence-electron chi connectivity index (χ3n) is 3.62. The average molecular weight is 329 g/mol. The lowest BCUT2D eigenvalue weighted by Gasteiger charge is -2.31. The van der Waals surface area contributed by atoms with Crippen molar-refractivity contribution in [2.24, 2.45) is 5.92 Å². The second kappa shape index (κ2) is 8.93. The highest BCUT2D eigenvalue weighted by Crippen LogP contribution is 2.30. The number of nitrogens with one attached hydrogen (secondary N) is 1. The molecule has 2 N–H and O–H groups in total. The van der Waals surface area contributed by atoms with Crippen molar-refractivity contribution in [3.63, 3.8) is 0 Å². The highest BCUT2D eigenvalue weighted by Gasteiger charge is 2.26. The summed E-state index contributed by atoms with van der Waals surface area (Å²) in [4.78, 5) is 9.60. The zero-order valence-corrected chi connectivity index (χ0v) is 13.8. The summed E-state index contributed by atoms with van der Waals surface area (Å²) in [6, 6.07) is 4.01. The van der Waals surface area contributed by atoms with Crippen molar-refractivity contribution in [1.82, 2.24) is 5.32 Å². The molecular formula is C17H25F2NO3. The van der Waals surface area contributed by atoms with Crippen LogP contribution in [-0.2, 0) is 9.53 Å². The standard InChI is InChI=1S/C12H15F2NO.C5H10O2/c13-11-2-1-8(5-12(11)14)10-3-4-15-6-9(10)7-16;1-5(2,3)7-4-6/h1-2,5,9-10,15-16H,3-4,6-7H2;4H,1-3H3. The minimum atomic E-state index is -0.821. The highest BCUT2D eigenvalue weighted by molar-refractivity contribution is 5.37. The molecule has 0 spiro atoms. The maximum Gasteiger partial charge on any atom is 0.293 e. The van der Waals surface area contributed by atoms with Crippen LogP contribution in [0.5, 0.6) is 0 Å². The monoisotopic (exact) mass is 329 g/mol. The molecule has 1 heterocycles. The number of rotatable bonds is 3. The molecule has 0 radical (unpaired) electrons. The van der Waals surface area contributed by atoms with Gasteiger partial charge >= 0.3 is 0 Å². The molecule has 130 valence electrons. The van der Waals surface area contributed by atoms with E-state index in [1.165, 1.54) is 6.07 Å². The summed E-state index contributed by atoms with van der Waals surface area (Å²) in [5, 5.41) is 12.4. The number of hydrogen-bond donors (Lipinski definition) is 2. The number of ether oxygens (including phenoxy) is 1. The van der Waals surface area contributed by atoms with Gasteiger partial charge in [0.2, 0.25) is 0 Å². The van der Waals surface area contributed by atoms with Gasteiger partial charge in [0.15, 0.2) is 11.6 Å². The molecule has 0 aliphatic carbocycles. The first-order valence-electron chi connectivity index (χ1n) is 7.66. The van der Waals surface area contributed by atoms with Gasteiger partial charge in [0.25, 0.3) is 6.47 Å². The number of halogens is 2. The molecule has 1 aromatic rings. The fourth-order valence-electron chi connectivity index (χ4n) is 2.44. The fourth-order valence-corrected chi connectivity index (χ4v) is 2.44. The predicted molar refractivity (Wildman–Crippen MR) is 84.1 cm³/mol. The van der Waals surface area contributed by atoms with E-state index in [0.717, 1.165) is 31.1 Å². The molecule has 1 saturated heterocycles. The molecule has 2 unspecified atom stereocenters. The lowest BCUT2D eigenvalue weighted by atomic mass is 9.81. The Bertz CT molecular complexity index is 503. The first-order valence-corrected chi connectivity index (χ1v) is 7.66. The smallest absolute Gasteiger partial charge is 0.293 e. The van der Waals surface area contributed by atoms with Crippen LogP contribution in [0.1, 0.15) is 38.7 Å². The van der Waals surface area contributed by atoms with E-state index in [1.807, 2.05) is 20.8 Å². The summed E-state index contributed by atoms with van der Waals surface area (Å²) in [5.74, 6) is -1.44. The first kappa shape index (κ1) is 19.5. The van der Waals surface area contributed by atoms with Crippen molar-refractivity contribution in [1.29, 1.82) is 0 Å². The summed E-state index contributed by atoms with van der Waals surface area (Å²) in [6.45, 7) is 7.56. The van der Waals surface area contributed by atoms with Crippen LogP contribution >= 0.6 is 0 Å². The van der Waals surface area contributed by atoms with Gasteiger partial charge in [-0.3, -0.25) is 4.79 Å². The molecule has 0 bridgehead atoms. The van der Waals surface area contributed by atoms with Gasteiger partial charge in [-0.15, -0.1) is 0 Å². The van der Waals surface area contributed by atoms with E-state index < -0.39 is 11.6 Å². The molecule has 1 aliphatic rings. The normalized spacial score (nSPS) is 21.1. The van der Waals surface area contributed by atoms with Crippen LogP contribution in [0.25, 0.3) is 0 Å². The number of aliphatic hydroxyl groups excluding tert-OH is 1. The van der Waals surface area contributed by atoms with E-state index in [0.29, 0.717) is 6.47 Å². The molecule has 1 aromatic carbocycles. The Hall–Kier alpha value is -1.53. The fraction of sp³-hybridized carbons (Fsp3) is 0.588. The zero-order chi connectivity index (χ0) is 17.5. The molecule has 6 heteroatoms. The zero-order valence-electron chi connectivity index (χ0n) is 13.8. The van der Waals surface area contributed by atoms with E-state index in [2.05, 4.69) is 10.1 Å². The average Bonchev–Trinajstić information content (AvgIpc) is 2.49. The Morgan fingerprint density at radius 2 is 2.04 bits per heavy atom. The molecule has 0 amide bonds. The van der Waals surface area contributed by atoms with E-state index in [4.69, 9.17) is 0 Å². The van der Waals surface area contributed by atoms with Crippen LogP contribution < -0.4 is 5.32 Å². The summed E-state index contributed by atoms with van der Waals surface area (Å²) >= 11 is 0. The number of carbonyl (C=O) groups excluding carboxylic acids is 1. The Kier molecular flexibility index (Phi) is 7.58. The molecule has 4 nitrogen and oxygen atoms in total. The molecule has 2 atom stereocenters. The van der Waals surface area contributed by atoms with Gasteiger partial charge in [0.05, 0.1) is 0 Å². The Morgan fingerprint density at radius 3 is 2.52 bits per heavy atom. The Morgan fingerprint density at radius 1 is 1.35 bits per heavy atom. The van der Waals surface area contributed by atoms with E-state index >= 15 is 0 Å². The molecule has 1 fully saturated rings. The molecular weight excluding hydrogens is 304 g/mol. The number of carbonyl (C=O) groups is 1. The molecule has 0 aromatic heterocycles. The summed E-state index contributed by atoms with van der Waals surface area (Å²) in [6.07, 6.45) is 0.844. The minimum Gasteiger partial charge on any atom is -0.462 e. The maximum absolute atomic E-state index is 13.1. The van der Waals surface area contributed by atoms with Crippen molar-refractivity contribution in [3.8, 4) is 0 Å². The van der Waals surface area contributed by atoms with Crippen LogP contribution in [-0.4, -0.2) is 36.9 Å². The topological polar surface area (TPSA) is 58.6 Å². The highest BCUT2D eigenvalue weighted by atomic mass is 19.2. The van der Waals surface area contributed by atoms with Gasteiger partial charge in [0.1, 0.15) is 5.60 Å². The summed E-state index contributed by atoms with van der Waals surface area (Å²) in [7, 11) is 0. The van der Waals surface area contributed by atoms with E-state index in [-0.39, 0.29) is 24.0 Å². The number of hydrogen-bond acceptors (Lipinski definition) is 4. The number of aliphatic hydroxyl groups is 1.